The van der Waals surface area contributed by atoms with Crippen molar-refractivity contribution in [3.63, 3.8) is 0 Å². The molecule has 128 valence electrons. The quantitative estimate of drug-likeness (QED) is 0.389. The van der Waals surface area contributed by atoms with Crippen LogP contribution in [0.1, 0.15) is 6.92 Å². The predicted octanol–water partition coefficient (Wildman–Crippen LogP) is 1.44. The molecule has 1 aromatic rings. The fourth-order valence-corrected chi connectivity index (χ4v) is 1.98. The average molecular weight is 361 g/mol. The van der Waals surface area contributed by atoms with Gasteiger partial charge in [-0.2, -0.15) is 0 Å². The van der Waals surface area contributed by atoms with Crippen molar-refractivity contribution in [2.45, 2.75) is 6.92 Å². The molecule has 0 atom stereocenters. The van der Waals surface area contributed by atoms with Crippen LogP contribution >= 0.6 is 23.2 Å². The topological polar surface area (TPSA) is 81.7 Å². The molecule has 9 heteroatoms. The van der Waals surface area contributed by atoms with Crippen molar-refractivity contribution in [2.75, 3.05) is 45.6 Å². The molecular formula is C14H22Cl2N6O. The normalized spacial score (nSPS) is 11.1. The second-order valence-electron chi connectivity index (χ2n) is 4.82. The van der Waals surface area contributed by atoms with Crippen molar-refractivity contribution < 1.29 is 4.79 Å². The fourth-order valence-electron chi connectivity index (χ4n) is 1.54. The number of carbonyl (C=O) groups is 1. The predicted molar refractivity (Wildman–Crippen MR) is 95.4 cm³/mol. The van der Waals surface area contributed by atoms with Gasteiger partial charge in [-0.25, -0.2) is 9.98 Å². The van der Waals surface area contributed by atoms with Crippen LogP contribution in [0.2, 0.25) is 10.0 Å². The Kier molecular flexibility index (Phi) is 8.50. The Bertz CT molecular complexity index is 550. The molecule has 0 saturated carbocycles. The summed E-state index contributed by atoms with van der Waals surface area (Å²) >= 11 is 11.8. The zero-order valence-corrected chi connectivity index (χ0v) is 15.0. The summed E-state index contributed by atoms with van der Waals surface area (Å²) in [6.45, 7) is 3.93. The molecule has 3 N–H and O–H groups in total. The van der Waals surface area contributed by atoms with E-state index < -0.39 is 0 Å². The largest absolute Gasteiger partial charge is 0.367 e. The molecule has 0 unspecified atom stereocenters. The van der Waals surface area contributed by atoms with Crippen LogP contribution in [0.15, 0.2) is 17.3 Å². The minimum atomic E-state index is -0.0579. The SMILES string of the molecule is CCNC(=NCC(=O)N(C)C)NCCNc1ncc(Cl)cc1Cl. The van der Waals surface area contributed by atoms with Gasteiger partial charge in [-0.15, -0.1) is 0 Å². The van der Waals surface area contributed by atoms with Gasteiger partial charge in [0.2, 0.25) is 5.91 Å². The Hall–Kier alpha value is -1.73. The molecule has 0 aliphatic rings. The molecule has 0 aromatic carbocycles. The van der Waals surface area contributed by atoms with Crippen molar-refractivity contribution in [3.05, 3.63) is 22.3 Å². The lowest BCUT2D eigenvalue weighted by Crippen LogP contribution is -2.40. The standard InChI is InChI=1S/C14H22Cl2N6O/c1-4-17-14(21-9-12(23)22(2)3)19-6-5-18-13-11(16)7-10(15)8-20-13/h7-8H,4-6,9H2,1-3H3,(H,18,20)(H2,17,19,21). The number of rotatable bonds is 7. The zero-order chi connectivity index (χ0) is 17.2. The number of amides is 1. The molecule has 1 aromatic heterocycles. The number of hydrogen-bond acceptors (Lipinski definition) is 4. The number of nitrogens with one attached hydrogen (secondary N) is 3. The Morgan fingerprint density at radius 1 is 1.30 bits per heavy atom. The summed E-state index contributed by atoms with van der Waals surface area (Å²) in [5.74, 6) is 1.10. The average Bonchev–Trinajstić information content (AvgIpc) is 2.50. The van der Waals surface area contributed by atoms with Gasteiger partial charge in [-0.3, -0.25) is 4.79 Å². The number of aliphatic imine (C=N–C) groups is 1. The number of guanidine groups is 1. The summed E-state index contributed by atoms with van der Waals surface area (Å²) in [5, 5.41) is 10.3. The second-order valence-corrected chi connectivity index (χ2v) is 5.66. The van der Waals surface area contributed by atoms with E-state index in [4.69, 9.17) is 23.2 Å². The lowest BCUT2D eigenvalue weighted by atomic mass is 10.4. The third kappa shape index (κ3) is 7.38. The van der Waals surface area contributed by atoms with E-state index >= 15 is 0 Å². The highest BCUT2D eigenvalue weighted by molar-refractivity contribution is 6.35. The third-order valence-electron chi connectivity index (χ3n) is 2.73. The first-order valence-electron chi connectivity index (χ1n) is 7.21. The smallest absolute Gasteiger partial charge is 0.243 e. The van der Waals surface area contributed by atoms with Gasteiger partial charge in [0.1, 0.15) is 12.4 Å². The monoisotopic (exact) mass is 360 g/mol. The highest BCUT2D eigenvalue weighted by Gasteiger charge is 2.04. The summed E-state index contributed by atoms with van der Waals surface area (Å²) in [5.41, 5.74) is 0. The van der Waals surface area contributed by atoms with Crippen LogP contribution in [0.25, 0.3) is 0 Å². The maximum absolute atomic E-state index is 11.5. The fraction of sp³-hybridized carbons (Fsp3) is 0.500. The van der Waals surface area contributed by atoms with Crippen LogP contribution in [-0.4, -0.2) is 62.0 Å². The van der Waals surface area contributed by atoms with Crippen LogP contribution < -0.4 is 16.0 Å². The number of pyridine rings is 1. The zero-order valence-electron chi connectivity index (χ0n) is 13.5. The molecule has 0 saturated heterocycles. The first-order chi connectivity index (χ1) is 10.9. The van der Waals surface area contributed by atoms with Gasteiger partial charge in [-0.1, -0.05) is 23.2 Å². The highest BCUT2D eigenvalue weighted by Crippen LogP contribution is 2.21. The molecule has 0 aliphatic carbocycles. The summed E-state index contributed by atoms with van der Waals surface area (Å²) in [6.07, 6.45) is 1.53. The second kappa shape index (κ2) is 10.1. The van der Waals surface area contributed by atoms with Gasteiger partial charge < -0.3 is 20.9 Å². The third-order valence-corrected chi connectivity index (χ3v) is 3.23. The van der Waals surface area contributed by atoms with Crippen LogP contribution in [0.4, 0.5) is 5.82 Å². The molecule has 7 nitrogen and oxygen atoms in total. The number of likely N-dealkylation sites (N-methyl/N-ethyl adjacent to an activating group) is 1. The van der Waals surface area contributed by atoms with E-state index in [1.165, 1.54) is 11.1 Å². The Morgan fingerprint density at radius 3 is 2.65 bits per heavy atom. The summed E-state index contributed by atoms with van der Waals surface area (Å²) in [4.78, 5) is 21.4. The van der Waals surface area contributed by atoms with E-state index in [0.29, 0.717) is 41.5 Å². The Balaban J connectivity index is 2.43. The number of halogens is 2. The van der Waals surface area contributed by atoms with Crippen LogP contribution in [0, 0.1) is 0 Å². The number of carbonyl (C=O) groups excluding carboxylic acids is 1. The van der Waals surface area contributed by atoms with Gasteiger partial charge in [0.25, 0.3) is 0 Å². The van der Waals surface area contributed by atoms with Crippen molar-refractivity contribution in [2.24, 2.45) is 4.99 Å². The summed E-state index contributed by atoms with van der Waals surface area (Å²) < 4.78 is 0. The van der Waals surface area contributed by atoms with E-state index in [2.05, 4.69) is 25.9 Å². The molecule has 23 heavy (non-hydrogen) atoms. The molecule has 0 bridgehead atoms. The van der Waals surface area contributed by atoms with Gasteiger partial charge in [0.15, 0.2) is 5.96 Å². The van der Waals surface area contributed by atoms with Crippen LogP contribution in [0.5, 0.6) is 0 Å². The summed E-state index contributed by atoms with van der Waals surface area (Å²) in [7, 11) is 3.40. The number of aromatic nitrogens is 1. The van der Waals surface area contributed by atoms with Gasteiger partial charge in [0, 0.05) is 39.9 Å². The highest BCUT2D eigenvalue weighted by atomic mass is 35.5. The number of hydrogen-bond donors (Lipinski definition) is 3. The Morgan fingerprint density at radius 2 is 2.04 bits per heavy atom. The first-order valence-corrected chi connectivity index (χ1v) is 7.97. The molecule has 1 amide bonds. The number of anilines is 1. The lowest BCUT2D eigenvalue weighted by Gasteiger charge is -2.13. The van der Waals surface area contributed by atoms with E-state index in [9.17, 15) is 4.79 Å². The van der Waals surface area contributed by atoms with E-state index in [0.717, 1.165) is 0 Å². The van der Waals surface area contributed by atoms with Gasteiger partial charge >= 0.3 is 0 Å². The van der Waals surface area contributed by atoms with E-state index in [-0.39, 0.29) is 12.5 Å². The van der Waals surface area contributed by atoms with E-state index in [1.54, 1.807) is 20.2 Å². The van der Waals surface area contributed by atoms with Crippen molar-refractivity contribution in [1.82, 2.24) is 20.5 Å². The first kappa shape index (κ1) is 19.3. The maximum atomic E-state index is 11.5. The molecule has 0 radical (unpaired) electrons. The van der Waals surface area contributed by atoms with Crippen molar-refractivity contribution in [3.8, 4) is 0 Å². The molecule has 1 heterocycles. The lowest BCUT2D eigenvalue weighted by molar-refractivity contribution is -0.127. The minimum Gasteiger partial charge on any atom is -0.367 e. The van der Waals surface area contributed by atoms with Crippen molar-refractivity contribution >= 4 is 40.9 Å². The van der Waals surface area contributed by atoms with Crippen LogP contribution in [0.3, 0.4) is 0 Å². The van der Waals surface area contributed by atoms with E-state index in [1.807, 2.05) is 6.92 Å². The van der Waals surface area contributed by atoms with Gasteiger partial charge in [0.05, 0.1) is 10.0 Å². The van der Waals surface area contributed by atoms with Crippen LogP contribution in [-0.2, 0) is 4.79 Å². The summed E-state index contributed by atoms with van der Waals surface area (Å²) in [6, 6.07) is 1.63. The van der Waals surface area contributed by atoms with Crippen molar-refractivity contribution in [1.29, 1.82) is 0 Å². The molecule has 0 aliphatic heterocycles. The molecular weight excluding hydrogens is 339 g/mol. The van der Waals surface area contributed by atoms with Gasteiger partial charge in [-0.05, 0) is 13.0 Å². The Labute approximate surface area is 146 Å². The molecule has 0 spiro atoms. The maximum Gasteiger partial charge on any atom is 0.243 e. The minimum absolute atomic E-state index is 0.0579. The molecule has 1 rings (SSSR count). The molecule has 0 fully saturated rings. The number of nitrogens with zero attached hydrogens (tertiary/aromatic N) is 3.